The Balaban J connectivity index is 1.93. The molecule has 2 aromatic heterocycles. The van der Waals surface area contributed by atoms with Crippen LogP contribution in [0, 0.1) is 35.3 Å². The molecule has 27 heavy (non-hydrogen) atoms. The second kappa shape index (κ2) is 7.09. The standard InChI is InChI=1S/C19H14N4O4/c1-12-8-13(2)22(19(24)17(12)10-20)21-11-16-6-7-18(27-16)14-4-3-5-15(9-14)23(25)26/h3-9,11H,1-2H3/b21-11-. The Bertz CT molecular complexity index is 1170. The molecular weight excluding hydrogens is 348 g/mol. The second-order valence-corrected chi connectivity index (χ2v) is 5.83. The van der Waals surface area contributed by atoms with Crippen LogP contribution < -0.4 is 5.56 Å². The molecular formula is C19H14N4O4. The topological polar surface area (TPSA) is 114 Å². The van der Waals surface area contributed by atoms with Crippen molar-refractivity contribution < 1.29 is 9.34 Å². The van der Waals surface area contributed by atoms with Gasteiger partial charge in [-0.25, -0.2) is 4.68 Å². The highest BCUT2D eigenvalue weighted by Gasteiger charge is 2.11. The Morgan fingerprint density at radius 1 is 1.26 bits per heavy atom. The molecule has 0 bridgehead atoms. The van der Waals surface area contributed by atoms with E-state index >= 15 is 0 Å². The summed E-state index contributed by atoms with van der Waals surface area (Å²) in [6.45, 7) is 3.41. The second-order valence-electron chi connectivity index (χ2n) is 5.83. The number of nitro benzene ring substituents is 1. The zero-order valence-electron chi connectivity index (χ0n) is 14.5. The smallest absolute Gasteiger partial charge is 0.289 e. The highest BCUT2D eigenvalue weighted by Crippen LogP contribution is 2.25. The molecule has 134 valence electrons. The lowest BCUT2D eigenvalue weighted by Gasteiger charge is -2.05. The zero-order chi connectivity index (χ0) is 19.6. The molecule has 0 N–H and O–H groups in total. The van der Waals surface area contributed by atoms with E-state index in [2.05, 4.69) is 5.10 Å². The number of nitriles is 1. The van der Waals surface area contributed by atoms with E-state index in [4.69, 9.17) is 9.68 Å². The van der Waals surface area contributed by atoms with Crippen molar-refractivity contribution in [2.24, 2.45) is 5.10 Å². The van der Waals surface area contributed by atoms with E-state index in [0.29, 0.717) is 28.3 Å². The molecule has 0 aliphatic heterocycles. The lowest BCUT2D eigenvalue weighted by atomic mass is 10.1. The van der Waals surface area contributed by atoms with E-state index in [1.54, 1.807) is 44.2 Å². The van der Waals surface area contributed by atoms with Gasteiger partial charge in [0, 0.05) is 23.4 Å². The molecule has 0 saturated heterocycles. The van der Waals surface area contributed by atoms with Gasteiger partial charge in [-0.15, -0.1) is 0 Å². The van der Waals surface area contributed by atoms with Crippen LogP contribution in [-0.4, -0.2) is 15.8 Å². The van der Waals surface area contributed by atoms with Gasteiger partial charge in [0.1, 0.15) is 23.2 Å². The lowest BCUT2D eigenvalue weighted by Crippen LogP contribution is -2.22. The summed E-state index contributed by atoms with van der Waals surface area (Å²) in [6.07, 6.45) is 1.35. The Morgan fingerprint density at radius 3 is 2.74 bits per heavy atom. The van der Waals surface area contributed by atoms with Gasteiger partial charge >= 0.3 is 0 Å². The number of hydrogen-bond donors (Lipinski definition) is 0. The van der Waals surface area contributed by atoms with Crippen molar-refractivity contribution in [3.05, 3.63) is 85.5 Å². The molecule has 0 fully saturated rings. The first kappa shape index (κ1) is 17.8. The van der Waals surface area contributed by atoms with E-state index < -0.39 is 10.5 Å². The van der Waals surface area contributed by atoms with Crippen LogP contribution in [0.2, 0.25) is 0 Å². The van der Waals surface area contributed by atoms with Gasteiger partial charge in [-0.05, 0) is 37.6 Å². The summed E-state index contributed by atoms with van der Waals surface area (Å²) < 4.78 is 6.76. The fourth-order valence-electron chi connectivity index (χ4n) is 2.63. The van der Waals surface area contributed by atoms with Gasteiger partial charge in [0.25, 0.3) is 11.2 Å². The van der Waals surface area contributed by atoms with E-state index in [-0.39, 0.29) is 11.3 Å². The SMILES string of the molecule is Cc1cc(C)n(/N=C\c2ccc(-c3cccc([N+](=O)[O-])c3)o2)c(=O)c1C#N. The van der Waals surface area contributed by atoms with Crippen LogP contribution >= 0.6 is 0 Å². The summed E-state index contributed by atoms with van der Waals surface area (Å²) in [5.41, 5.74) is 1.23. The average molecular weight is 362 g/mol. The number of furan rings is 1. The summed E-state index contributed by atoms with van der Waals surface area (Å²) in [6, 6.07) is 13.0. The van der Waals surface area contributed by atoms with Crippen LogP contribution in [0.5, 0.6) is 0 Å². The number of aromatic nitrogens is 1. The average Bonchev–Trinajstić information content (AvgIpc) is 3.10. The predicted molar refractivity (Wildman–Crippen MR) is 98.7 cm³/mol. The summed E-state index contributed by atoms with van der Waals surface area (Å²) in [7, 11) is 0. The Morgan fingerprint density at radius 2 is 2.04 bits per heavy atom. The van der Waals surface area contributed by atoms with Crippen LogP contribution in [0.1, 0.15) is 22.6 Å². The van der Waals surface area contributed by atoms with Crippen LogP contribution in [0.15, 0.2) is 56.8 Å². The maximum Gasteiger partial charge on any atom is 0.289 e. The quantitative estimate of drug-likeness (QED) is 0.401. The molecule has 0 unspecified atom stereocenters. The van der Waals surface area contributed by atoms with Crippen molar-refractivity contribution in [3.8, 4) is 17.4 Å². The summed E-state index contributed by atoms with van der Waals surface area (Å²) >= 11 is 0. The monoisotopic (exact) mass is 362 g/mol. The van der Waals surface area contributed by atoms with Crippen molar-refractivity contribution in [2.45, 2.75) is 13.8 Å². The predicted octanol–water partition coefficient (Wildman–Crippen LogP) is 3.39. The highest BCUT2D eigenvalue weighted by molar-refractivity contribution is 5.77. The molecule has 0 radical (unpaired) electrons. The molecule has 3 rings (SSSR count). The molecule has 1 aromatic carbocycles. The highest BCUT2D eigenvalue weighted by atomic mass is 16.6. The summed E-state index contributed by atoms with van der Waals surface area (Å²) in [5.74, 6) is 0.799. The third-order valence-electron chi connectivity index (χ3n) is 3.94. The van der Waals surface area contributed by atoms with E-state index in [1.165, 1.54) is 18.3 Å². The number of pyridine rings is 1. The molecule has 0 atom stereocenters. The van der Waals surface area contributed by atoms with Gasteiger partial charge < -0.3 is 4.42 Å². The molecule has 0 amide bonds. The van der Waals surface area contributed by atoms with Crippen molar-refractivity contribution >= 4 is 11.9 Å². The maximum absolute atomic E-state index is 12.3. The first-order valence-corrected chi connectivity index (χ1v) is 7.93. The number of hydrogen-bond acceptors (Lipinski definition) is 6. The Hall–Kier alpha value is -3.99. The van der Waals surface area contributed by atoms with Crippen LogP contribution in [0.25, 0.3) is 11.3 Å². The van der Waals surface area contributed by atoms with Crippen molar-refractivity contribution in [1.82, 2.24) is 4.68 Å². The van der Waals surface area contributed by atoms with E-state index in [1.807, 2.05) is 6.07 Å². The van der Waals surface area contributed by atoms with Crippen LogP contribution in [-0.2, 0) is 0 Å². The fraction of sp³-hybridized carbons (Fsp3) is 0.105. The fourth-order valence-corrected chi connectivity index (χ4v) is 2.63. The van der Waals surface area contributed by atoms with Gasteiger partial charge in [-0.3, -0.25) is 14.9 Å². The van der Waals surface area contributed by atoms with Crippen molar-refractivity contribution in [1.29, 1.82) is 5.26 Å². The van der Waals surface area contributed by atoms with Gasteiger partial charge in [0.15, 0.2) is 0 Å². The molecule has 0 aliphatic carbocycles. The third-order valence-corrected chi connectivity index (χ3v) is 3.94. The molecule has 8 nitrogen and oxygen atoms in total. The van der Waals surface area contributed by atoms with Crippen molar-refractivity contribution in [3.63, 3.8) is 0 Å². The maximum atomic E-state index is 12.3. The Kier molecular flexibility index (Phi) is 4.68. The Labute approximate surface area is 153 Å². The summed E-state index contributed by atoms with van der Waals surface area (Å²) in [4.78, 5) is 22.7. The molecule has 2 heterocycles. The minimum absolute atomic E-state index is 0.0366. The zero-order valence-corrected chi connectivity index (χ0v) is 14.5. The first-order valence-electron chi connectivity index (χ1n) is 7.93. The van der Waals surface area contributed by atoms with Gasteiger partial charge in [0.2, 0.25) is 0 Å². The lowest BCUT2D eigenvalue weighted by molar-refractivity contribution is -0.384. The van der Waals surface area contributed by atoms with Crippen LogP contribution in [0.3, 0.4) is 0 Å². The number of nitrogens with zero attached hydrogens (tertiary/aromatic N) is 4. The number of nitro groups is 1. The molecule has 0 aliphatic rings. The van der Waals surface area contributed by atoms with Gasteiger partial charge in [-0.2, -0.15) is 10.4 Å². The van der Waals surface area contributed by atoms with Crippen LogP contribution in [0.4, 0.5) is 5.69 Å². The normalized spacial score (nSPS) is 10.9. The first-order chi connectivity index (χ1) is 12.9. The van der Waals surface area contributed by atoms with Crippen molar-refractivity contribution in [2.75, 3.05) is 0 Å². The largest absolute Gasteiger partial charge is 0.455 e. The van der Waals surface area contributed by atoms with Gasteiger partial charge in [-0.1, -0.05) is 12.1 Å². The van der Waals surface area contributed by atoms with Gasteiger partial charge in [0.05, 0.1) is 11.1 Å². The number of rotatable bonds is 4. The number of benzene rings is 1. The minimum atomic E-state index is -0.503. The minimum Gasteiger partial charge on any atom is -0.455 e. The van der Waals surface area contributed by atoms with E-state index in [0.717, 1.165) is 4.68 Å². The number of non-ortho nitro benzene ring substituents is 1. The molecule has 0 spiro atoms. The molecule has 8 heteroatoms. The molecule has 3 aromatic rings. The van der Waals surface area contributed by atoms with E-state index in [9.17, 15) is 14.9 Å². The number of aryl methyl sites for hydroxylation is 2. The third kappa shape index (κ3) is 3.52. The summed E-state index contributed by atoms with van der Waals surface area (Å²) in [5, 5.41) is 24.1. The molecule has 0 saturated carbocycles.